The van der Waals surface area contributed by atoms with E-state index in [9.17, 15) is 9.18 Å². The summed E-state index contributed by atoms with van der Waals surface area (Å²) in [5.74, 6) is -1.60. The van der Waals surface area contributed by atoms with Gasteiger partial charge in [-0.05, 0) is 69.7 Å². The van der Waals surface area contributed by atoms with Gasteiger partial charge in [-0.3, -0.25) is 0 Å². The van der Waals surface area contributed by atoms with Crippen molar-refractivity contribution in [2.75, 3.05) is 18.1 Å². The average Bonchev–Trinajstić information content (AvgIpc) is 2.61. The number of halogens is 1. The van der Waals surface area contributed by atoms with Crippen LogP contribution in [0, 0.1) is 0 Å². The van der Waals surface area contributed by atoms with Gasteiger partial charge in [-0.2, -0.15) is 4.39 Å². The van der Waals surface area contributed by atoms with Crippen molar-refractivity contribution in [2.45, 2.75) is 65.8 Å². The van der Waals surface area contributed by atoms with E-state index in [1.165, 1.54) is 11.3 Å². The van der Waals surface area contributed by atoms with E-state index in [2.05, 4.69) is 37.8 Å². The van der Waals surface area contributed by atoms with Crippen molar-refractivity contribution in [2.24, 2.45) is 0 Å². The molecule has 1 aromatic carbocycles. The smallest absolute Gasteiger partial charge is 0.367 e. The van der Waals surface area contributed by atoms with Gasteiger partial charge in [0.05, 0.1) is 6.61 Å². The predicted octanol–water partition coefficient (Wildman–Crippen LogP) is 5.28. The van der Waals surface area contributed by atoms with Gasteiger partial charge in [-0.25, -0.2) is 4.79 Å². The molecule has 0 unspecified atom stereocenters. The number of esters is 1. The minimum atomic E-state index is -0.852. The zero-order valence-corrected chi connectivity index (χ0v) is 15.9. The Morgan fingerprint density at radius 3 is 2.72 bits per heavy atom. The molecule has 25 heavy (non-hydrogen) atoms. The molecule has 1 aliphatic rings. The molecular formula is C21H30FNO2. The standard InChI is InChI=1S/C21H30FNO2/c1-5-7-10-18(20(22)21(24)25-6-2)16-11-12-19-17(14-16)9-8-13-23(19)15(3)4/h11-12,14-15H,5-10,13H2,1-4H3/b20-18+. The van der Waals surface area contributed by atoms with Crippen molar-refractivity contribution < 1.29 is 13.9 Å². The summed E-state index contributed by atoms with van der Waals surface area (Å²) in [6.07, 6.45) is 4.44. The van der Waals surface area contributed by atoms with Gasteiger partial charge in [0, 0.05) is 23.8 Å². The van der Waals surface area contributed by atoms with Gasteiger partial charge in [0.15, 0.2) is 0 Å². The summed E-state index contributed by atoms with van der Waals surface area (Å²) in [6, 6.07) is 6.53. The largest absolute Gasteiger partial charge is 0.461 e. The number of aryl methyl sites for hydroxylation is 1. The SMILES string of the molecule is CCCC/C(=C(\F)C(=O)OCC)c1ccc2c(c1)CCCN2C(C)C. The molecular weight excluding hydrogens is 317 g/mol. The van der Waals surface area contributed by atoms with Gasteiger partial charge in [-0.15, -0.1) is 0 Å². The molecule has 3 nitrogen and oxygen atoms in total. The Morgan fingerprint density at radius 1 is 1.32 bits per heavy atom. The van der Waals surface area contributed by atoms with Crippen LogP contribution in [0.5, 0.6) is 0 Å². The molecule has 0 saturated heterocycles. The summed E-state index contributed by atoms with van der Waals surface area (Å²) < 4.78 is 19.6. The van der Waals surface area contributed by atoms with Crippen LogP contribution in [0.15, 0.2) is 24.0 Å². The monoisotopic (exact) mass is 347 g/mol. The van der Waals surface area contributed by atoms with Gasteiger partial charge < -0.3 is 9.64 Å². The normalized spacial score (nSPS) is 15.0. The van der Waals surface area contributed by atoms with Crippen LogP contribution in [0.3, 0.4) is 0 Å². The summed E-state index contributed by atoms with van der Waals surface area (Å²) >= 11 is 0. The highest BCUT2D eigenvalue weighted by atomic mass is 19.1. The van der Waals surface area contributed by atoms with Gasteiger partial charge >= 0.3 is 5.97 Å². The number of hydrogen-bond acceptors (Lipinski definition) is 3. The number of nitrogens with zero attached hydrogens (tertiary/aromatic N) is 1. The molecule has 0 amide bonds. The van der Waals surface area contributed by atoms with Crippen LogP contribution in [0.1, 0.15) is 64.5 Å². The second kappa shape index (κ2) is 9.02. The van der Waals surface area contributed by atoms with Gasteiger partial charge in [0.25, 0.3) is 0 Å². The number of fused-ring (bicyclic) bond motifs is 1. The summed E-state index contributed by atoms with van der Waals surface area (Å²) in [4.78, 5) is 14.3. The molecule has 2 rings (SSSR count). The molecule has 0 atom stereocenters. The number of hydrogen-bond donors (Lipinski definition) is 0. The molecule has 0 radical (unpaired) electrons. The van der Waals surface area contributed by atoms with Gasteiger partial charge in [0.1, 0.15) is 0 Å². The minimum absolute atomic E-state index is 0.181. The summed E-state index contributed by atoms with van der Waals surface area (Å²) in [5.41, 5.74) is 3.76. The van der Waals surface area contributed by atoms with E-state index in [1.807, 2.05) is 6.07 Å². The second-order valence-electron chi connectivity index (χ2n) is 6.85. The van der Waals surface area contributed by atoms with E-state index < -0.39 is 11.8 Å². The van der Waals surface area contributed by atoms with E-state index in [-0.39, 0.29) is 6.61 Å². The van der Waals surface area contributed by atoms with E-state index in [0.717, 1.165) is 37.8 Å². The first-order chi connectivity index (χ1) is 12.0. The predicted molar refractivity (Wildman–Crippen MR) is 101 cm³/mol. The maximum Gasteiger partial charge on any atom is 0.367 e. The van der Waals surface area contributed by atoms with E-state index in [0.29, 0.717) is 18.0 Å². The van der Waals surface area contributed by atoms with Crippen molar-refractivity contribution in [3.63, 3.8) is 0 Å². The van der Waals surface area contributed by atoms with E-state index >= 15 is 0 Å². The number of unbranched alkanes of at least 4 members (excludes halogenated alkanes) is 1. The van der Waals surface area contributed by atoms with Crippen molar-refractivity contribution in [3.8, 4) is 0 Å². The Hall–Kier alpha value is -1.84. The highest BCUT2D eigenvalue weighted by molar-refractivity contribution is 5.95. The summed E-state index contributed by atoms with van der Waals surface area (Å²) in [5, 5.41) is 0. The molecule has 0 fully saturated rings. The van der Waals surface area contributed by atoms with Crippen LogP contribution in [0.2, 0.25) is 0 Å². The van der Waals surface area contributed by atoms with Crippen molar-refractivity contribution in [1.29, 1.82) is 0 Å². The molecule has 0 aliphatic carbocycles. The lowest BCUT2D eigenvalue weighted by Gasteiger charge is -2.35. The highest BCUT2D eigenvalue weighted by Gasteiger charge is 2.22. The van der Waals surface area contributed by atoms with E-state index in [1.54, 1.807) is 6.92 Å². The lowest BCUT2D eigenvalue weighted by molar-refractivity contribution is -0.140. The van der Waals surface area contributed by atoms with Crippen molar-refractivity contribution in [3.05, 3.63) is 35.2 Å². The molecule has 0 saturated carbocycles. The maximum atomic E-state index is 14.7. The lowest BCUT2D eigenvalue weighted by atomic mass is 9.93. The minimum Gasteiger partial charge on any atom is -0.461 e. The van der Waals surface area contributed by atoms with Crippen LogP contribution in [0.25, 0.3) is 5.57 Å². The lowest BCUT2D eigenvalue weighted by Crippen LogP contribution is -2.35. The fourth-order valence-corrected chi connectivity index (χ4v) is 3.40. The number of rotatable bonds is 7. The van der Waals surface area contributed by atoms with Crippen molar-refractivity contribution in [1.82, 2.24) is 0 Å². The Kier molecular flexibility index (Phi) is 7.03. The number of benzene rings is 1. The molecule has 138 valence electrons. The third kappa shape index (κ3) is 4.62. The fourth-order valence-electron chi connectivity index (χ4n) is 3.40. The molecule has 1 heterocycles. The van der Waals surface area contributed by atoms with Crippen LogP contribution in [-0.4, -0.2) is 25.2 Å². The topological polar surface area (TPSA) is 29.5 Å². The third-order valence-corrected chi connectivity index (χ3v) is 4.71. The van der Waals surface area contributed by atoms with E-state index in [4.69, 9.17) is 4.74 Å². The zero-order chi connectivity index (χ0) is 18.4. The molecule has 0 bridgehead atoms. The zero-order valence-electron chi connectivity index (χ0n) is 15.9. The van der Waals surface area contributed by atoms with Gasteiger partial charge in [0.2, 0.25) is 5.83 Å². The molecule has 1 aromatic rings. The highest BCUT2D eigenvalue weighted by Crippen LogP contribution is 2.34. The first-order valence-electron chi connectivity index (χ1n) is 9.45. The summed E-state index contributed by atoms with van der Waals surface area (Å²) in [7, 11) is 0. The first kappa shape index (κ1) is 19.5. The Bertz CT molecular complexity index is 637. The third-order valence-electron chi connectivity index (χ3n) is 4.71. The Morgan fingerprint density at radius 2 is 2.08 bits per heavy atom. The summed E-state index contributed by atoms with van der Waals surface area (Å²) in [6.45, 7) is 9.37. The number of carbonyl (C=O) groups excluding carboxylic acids is 1. The Balaban J connectivity index is 2.41. The van der Waals surface area contributed by atoms with Gasteiger partial charge in [-0.1, -0.05) is 19.4 Å². The Labute approximate surface area is 150 Å². The molecule has 0 aromatic heterocycles. The number of anilines is 1. The van der Waals surface area contributed by atoms with Crippen LogP contribution in [-0.2, 0) is 16.0 Å². The molecule has 4 heteroatoms. The van der Waals surface area contributed by atoms with Crippen LogP contribution < -0.4 is 4.90 Å². The van der Waals surface area contributed by atoms with Crippen LogP contribution >= 0.6 is 0 Å². The average molecular weight is 347 g/mol. The molecule has 0 spiro atoms. The number of ether oxygens (including phenoxy) is 1. The van der Waals surface area contributed by atoms with Crippen LogP contribution in [0.4, 0.5) is 10.1 Å². The first-order valence-corrected chi connectivity index (χ1v) is 9.45. The molecule has 1 aliphatic heterocycles. The maximum absolute atomic E-state index is 14.7. The number of carbonyl (C=O) groups is 1. The number of allylic oxidation sites excluding steroid dienone is 1. The van der Waals surface area contributed by atoms with Crippen molar-refractivity contribution >= 4 is 17.2 Å². The quantitative estimate of drug-likeness (QED) is 0.496. The fraction of sp³-hybridized carbons (Fsp3) is 0.571. The molecule has 0 N–H and O–H groups in total. The second-order valence-corrected chi connectivity index (χ2v) is 6.85.